The maximum atomic E-state index is 13.7. The molecule has 1 aliphatic rings. The molecule has 1 amide bonds. The van der Waals surface area contributed by atoms with Gasteiger partial charge in [0, 0.05) is 11.6 Å². The quantitative estimate of drug-likeness (QED) is 0.743. The molecule has 0 aromatic heterocycles. The Morgan fingerprint density at radius 3 is 2.33 bits per heavy atom. The van der Waals surface area contributed by atoms with Gasteiger partial charge < -0.3 is 5.32 Å². The van der Waals surface area contributed by atoms with Crippen LogP contribution in [0.5, 0.6) is 0 Å². The Morgan fingerprint density at radius 1 is 1.07 bits per heavy atom. The molecule has 0 aliphatic heterocycles. The maximum absolute atomic E-state index is 13.7. The van der Waals surface area contributed by atoms with Gasteiger partial charge in [0.25, 0.3) is 10.0 Å². The monoisotopic (exact) mass is 402 g/mol. The molecule has 144 valence electrons. The van der Waals surface area contributed by atoms with E-state index in [4.69, 9.17) is 0 Å². The Kier molecular flexibility index (Phi) is 4.85. The normalized spacial score (nSPS) is 14.7. The van der Waals surface area contributed by atoms with Crippen molar-refractivity contribution in [1.29, 1.82) is 0 Å². The molecule has 2 aromatic carbocycles. The lowest BCUT2D eigenvalue weighted by Gasteiger charge is -2.17. The van der Waals surface area contributed by atoms with Crippen LogP contribution in [-0.2, 0) is 21.0 Å². The van der Waals surface area contributed by atoms with Crippen molar-refractivity contribution in [3.8, 4) is 0 Å². The van der Waals surface area contributed by atoms with Crippen molar-refractivity contribution in [2.24, 2.45) is 5.92 Å². The Labute approximate surface area is 152 Å². The number of carbonyl (C=O) groups excluding carboxylic acids is 1. The van der Waals surface area contributed by atoms with Crippen molar-refractivity contribution in [3.63, 3.8) is 0 Å². The van der Waals surface area contributed by atoms with Crippen LogP contribution in [0.1, 0.15) is 18.4 Å². The zero-order valence-electron chi connectivity index (χ0n) is 13.7. The molecule has 1 aliphatic carbocycles. The fraction of sp³-hybridized carbons (Fsp3) is 0.235. The summed E-state index contributed by atoms with van der Waals surface area (Å²) in [7, 11) is -4.58. The van der Waals surface area contributed by atoms with E-state index in [1.807, 2.05) is 0 Å². The minimum absolute atomic E-state index is 0.104. The lowest BCUT2D eigenvalue weighted by Crippen LogP contribution is -2.19. The maximum Gasteiger partial charge on any atom is 0.418 e. The molecule has 0 spiro atoms. The second-order valence-electron chi connectivity index (χ2n) is 6.06. The minimum atomic E-state index is -4.90. The lowest BCUT2D eigenvalue weighted by molar-refractivity contribution is -0.136. The average Bonchev–Trinajstić information content (AvgIpc) is 3.40. The van der Waals surface area contributed by atoms with E-state index in [0.29, 0.717) is 18.9 Å². The van der Waals surface area contributed by atoms with Crippen molar-refractivity contribution in [1.82, 2.24) is 0 Å². The van der Waals surface area contributed by atoms with Crippen LogP contribution in [0.3, 0.4) is 0 Å². The number of halogens is 4. The predicted octanol–water partition coefficient (Wildman–Crippen LogP) is 3.99. The van der Waals surface area contributed by atoms with Gasteiger partial charge in [-0.2, -0.15) is 13.2 Å². The van der Waals surface area contributed by atoms with E-state index < -0.39 is 38.2 Å². The summed E-state index contributed by atoms with van der Waals surface area (Å²) >= 11 is 0. The number of hydrogen-bond donors (Lipinski definition) is 2. The second-order valence-corrected chi connectivity index (χ2v) is 7.71. The highest BCUT2D eigenvalue weighted by Crippen LogP contribution is 2.38. The van der Waals surface area contributed by atoms with Gasteiger partial charge in [-0.05, 0) is 43.2 Å². The third-order valence-corrected chi connectivity index (χ3v) is 5.31. The van der Waals surface area contributed by atoms with Crippen LogP contribution in [0.2, 0.25) is 0 Å². The Morgan fingerprint density at radius 2 is 1.74 bits per heavy atom. The highest BCUT2D eigenvalue weighted by molar-refractivity contribution is 7.92. The minimum Gasteiger partial charge on any atom is -0.326 e. The third kappa shape index (κ3) is 4.38. The van der Waals surface area contributed by atoms with Crippen LogP contribution >= 0.6 is 0 Å². The first-order valence-electron chi connectivity index (χ1n) is 7.87. The number of hydrogen-bond acceptors (Lipinski definition) is 3. The molecule has 0 unspecified atom stereocenters. The molecule has 2 aromatic rings. The molecule has 5 nitrogen and oxygen atoms in total. The standard InChI is InChI=1S/C17H14F4N2O3S/c18-13-3-1-2-4-15(13)27(25,26)23-14-8-7-11(9-12(14)17(19,20)21)22-16(24)10-5-6-10/h1-4,7-10,23H,5-6H2,(H,22,24). The fourth-order valence-electron chi connectivity index (χ4n) is 2.40. The van der Waals surface area contributed by atoms with Gasteiger partial charge in [0.2, 0.25) is 5.91 Å². The van der Waals surface area contributed by atoms with Gasteiger partial charge in [-0.25, -0.2) is 12.8 Å². The third-order valence-electron chi connectivity index (χ3n) is 3.91. The summed E-state index contributed by atoms with van der Waals surface area (Å²) in [6, 6.07) is 6.99. The van der Waals surface area contributed by atoms with Crippen molar-refractivity contribution in [2.45, 2.75) is 23.9 Å². The van der Waals surface area contributed by atoms with Crippen molar-refractivity contribution in [2.75, 3.05) is 10.0 Å². The lowest BCUT2D eigenvalue weighted by atomic mass is 10.1. The first kappa shape index (κ1) is 19.2. The summed E-state index contributed by atoms with van der Waals surface area (Å²) in [5, 5.41) is 2.37. The number of benzene rings is 2. The molecule has 1 saturated carbocycles. The molecule has 0 radical (unpaired) electrons. The van der Waals surface area contributed by atoms with E-state index in [1.165, 1.54) is 12.1 Å². The van der Waals surface area contributed by atoms with Crippen LogP contribution in [0.4, 0.5) is 28.9 Å². The van der Waals surface area contributed by atoms with Crippen LogP contribution in [0, 0.1) is 11.7 Å². The van der Waals surface area contributed by atoms with Gasteiger partial charge in [0.15, 0.2) is 0 Å². The SMILES string of the molecule is O=C(Nc1ccc(NS(=O)(=O)c2ccccc2F)c(C(F)(F)F)c1)C1CC1. The molecular weight excluding hydrogens is 388 g/mol. The molecule has 0 saturated heterocycles. The molecule has 0 heterocycles. The number of anilines is 2. The Bertz CT molecular complexity index is 986. The van der Waals surface area contributed by atoms with E-state index in [2.05, 4.69) is 5.32 Å². The smallest absolute Gasteiger partial charge is 0.326 e. The van der Waals surface area contributed by atoms with Gasteiger partial charge in [-0.15, -0.1) is 0 Å². The van der Waals surface area contributed by atoms with E-state index >= 15 is 0 Å². The zero-order valence-corrected chi connectivity index (χ0v) is 14.5. The zero-order chi connectivity index (χ0) is 19.8. The van der Waals surface area contributed by atoms with Crippen LogP contribution in [0.15, 0.2) is 47.4 Å². The number of sulfonamides is 1. The molecule has 2 N–H and O–H groups in total. The molecular formula is C17H14F4N2O3S. The van der Waals surface area contributed by atoms with Crippen LogP contribution < -0.4 is 10.0 Å². The van der Waals surface area contributed by atoms with Gasteiger partial charge in [0.1, 0.15) is 10.7 Å². The summed E-state index contributed by atoms with van der Waals surface area (Å²) in [6.45, 7) is 0. The molecule has 1 fully saturated rings. The van der Waals surface area contributed by atoms with Gasteiger partial charge >= 0.3 is 6.18 Å². The van der Waals surface area contributed by atoms with Crippen molar-refractivity contribution < 1.29 is 30.8 Å². The number of amides is 1. The first-order valence-corrected chi connectivity index (χ1v) is 9.36. The van der Waals surface area contributed by atoms with E-state index in [0.717, 1.165) is 24.3 Å². The summed E-state index contributed by atoms with van der Waals surface area (Å²) in [5.41, 5.74) is -2.17. The van der Waals surface area contributed by atoms with E-state index in [-0.39, 0.29) is 17.5 Å². The van der Waals surface area contributed by atoms with E-state index in [9.17, 15) is 30.8 Å². The molecule has 10 heteroatoms. The fourth-order valence-corrected chi connectivity index (χ4v) is 3.56. The summed E-state index contributed by atoms with van der Waals surface area (Å²) in [4.78, 5) is 11.0. The second kappa shape index (κ2) is 6.84. The molecule has 27 heavy (non-hydrogen) atoms. The van der Waals surface area contributed by atoms with Crippen LogP contribution in [0.25, 0.3) is 0 Å². The Balaban J connectivity index is 1.94. The predicted molar refractivity (Wildman–Crippen MR) is 90.0 cm³/mol. The van der Waals surface area contributed by atoms with Gasteiger partial charge in [0.05, 0.1) is 11.3 Å². The Hall–Kier alpha value is -2.62. The molecule has 3 rings (SSSR count). The highest BCUT2D eigenvalue weighted by atomic mass is 32.2. The van der Waals surface area contributed by atoms with E-state index in [1.54, 1.807) is 4.72 Å². The largest absolute Gasteiger partial charge is 0.418 e. The number of nitrogens with one attached hydrogen (secondary N) is 2. The molecule has 0 bridgehead atoms. The number of carbonyl (C=O) groups is 1. The first-order chi connectivity index (χ1) is 12.6. The summed E-state index contributed by atoms with van der Waals surface area (Å²) < 4.78 is 80.2. The summed E-state index contributed by atoms with van der Waals surface area (Å²) in [5.74, 6) is -1.69. The van der Waals surface area contributed by atoms with Gasteiger partial charge in [-0.3, -0.25) is 9.52 Å². The highest BCUT2D eigenvalue weighted by Gasteiger charge is 2.36. The molecule has 0 atom stereocenters. The topological polar surface area (TPSA) is 75.3 Å². The number of rotatable bonds is 5. The average molecular weight is 402 g/mol. The van der Waals surface area contributed by atoms with Crippen molar-refractivity contribution in [3.05, 3.63) is 53.8 Å². The van der Waals surface area contributed by atoms with Crippen LogP contribution in [-0.4, -0.2) is 14.3 Å². The summed E-state index contributed by atoms with van der Waals surface area (Å²) in [6.07, 6.45) is -3.54. The van der Waals surface area contributed by atoms with Crippen molar-refractivity contribution >= 4 is 27.3 Å². The van der Waals surface area contributed by atoms with Gasteiger partial charge in [-0.1, -0.05) is 12.1 Å². The number of alkyl halides is 3.